The minimum atomic E-state index is -1.03. The summed E-state index contributed by atoms with van der Waals surface area (Å²) in [5, 5.41) is 0. The molecule has 0 heterocycles. The van der Waals surface area contributed by atoms with E-state index in [9.17, 15) is 9.59 Å². The van der Waals surface area contributed by atoms with Crippen molar-refractivity contribution < 1.29 is 19.1 Å². The quantitative estimate of drug-likeness (QED) is 0.228. The van der Waals surface area contributed by atoms with Crippen molar-refractivity contribution in [2.24, 2.45) is 5.92 Å². The molecule has 30 heavy (non-hydrogen) atoms. The normalized spacial score (nSPS) is 13.3. The van der Waals surface area contributed by atoms with Gasteiger partial charge >= 0.3 is 11.9 Å². The summed E-state index contributed by atoms with van der Waals surface area (Å²) >= 11 is 0. The van der Waals surface area contributed by atoms with Crippen molar-refractivity contribution in [1.29, 1.82) is 0 Å². The van der Waals surface area contributed by atoms with Gasteiger partial charge in [-0.3, -0.25) is 9.59 Å². The van der Waals surface area contributed by atoms with Crippen molar-refractivity contribution >= 4 is 11.9 Å². The summed E-state index contributed by atoms with van der Waals surface area (Å²) in [7, 11) is 0. The average Bonchev–Trinajstić information content (AvgIpc) is 2.74. The zero-order valence-corrected chi connectivity index (χ0v) is 18.1. The number of hydrogen-bond donors (Lipinski definition) is 0. The molecule has 4 nitrogen and oxygen atoms in total. The first kappa shape index (κ1) is 24.9. The molecule has 4 heteroatoms. The van der Waals surface area contributed by atoms with Crippen LogP contribution in [0.4, 0.5) is 0 Å². The van der Waals surface area contributed by atoms with Crippen molar-refractivity contribution in [2.75, 3.05) is 0 Å². The molecular weight excluding hydrogens is 376 g/mol. The lowest BCUT2D eigenvalue weighted by Crippen LogP contribution is -2.20. The number of esters is 2. The van der Waals surface area contributed by atoms with Gasteiger partial charge in [0.1, 0.15) is 0 Å². The van der Waals surface area contributed by atoms with Crippen molar-refractivity contribution in [3.05, 3.63) is 96.7 Å². The third kappa shape index (κ3) is 11.6. The number of benzene rings is 1. The van der Waals surface area contributed by atoms with Gasteiger partial charge in [0, 0.05) is 12.0 Å². The Bertz CT molecular complexity index is 767. The molecular formula is C26H32O4. The van der Waals surface area contributed by atoms with E-state index in [1.807, 2.05) is 60.8 Å². The number of allylic oxidation sites excluding steroid dienone is 10. The maximum Gasteiger partial charge on any atom is 0.311 e. The molecule has 0 saturated carbocycles. The molecule has 0 bridgehead atoms. The summed E-state index contributed by atoms with van der Waals surface area (Å²) in [5.74, 6) is -1.13. The topological polar surface area (TPSA) is 52.6 Å². The second kappa shape index (κ2) is 15.7. The molecule has 1 aromatic carbocycles. The molecule has 1 rings (SSSR count). The highest BCUT2D eigenvalue weighted by molar-refractivity contribution is 5.73. The summed E-state index contributed by atoms with van der Waals surface area (Å²) in [4.78, 5) is 24.1. The Balaban J connectivity index is 2.44. The maximum absolute atomic E-state index is 12.2. The highest BCUT2D eigenvalue weighted by Crippen LogP contribution is 2.21. The van der Waals surface area contributed by atoms with Gasteiger partial charge in [0.25, 0.3) is 6.29 Å². The molecule has 0 fully saturated rings. The van der Waals surface area contributed by atoms with Gasteiger partial charge in [0.15, 0.2) is 0 Å². The molecule has 1 unspecified atom stereocenters. The van der Waals surface area contributed by atoms with Gasteiger partial charge in [0.2, 0.25) is 0 Å². The fourth-order valence-corrected chi connectivity index (χ4v) is 2.17. The third-order valence-corrected chi connectivity index (χ3v) is 3.81. The molecule has 0 aromatic heterocycles. The fourth-order valence-electron chi connectivity index (χ4n) is 2.17. The minimum absolute atomic E-state index is 0.204. The van der Waals surface area contributed by atoms with E-state index in [-0.39, 0.29) is 12.3 Å². The largest absolute Gasteiger partial charge is 0.421 e. The van der Waals surface area contributed by atoms with Crippen LogP contribution in [0.25, 0.3) is 0 Å². The van der Waals surface area contributed by atoms with Crippen LogP contribution in [-0.2, 0) is 19.1 Å². The van der Waals surface area contributed by atoms with E-state index in [1.165, 1.54) is 0 Å². The van der Waals surface area contributed by atoms with Gasteiger partial charge in [-0.2, -0.15) is 0 Å². The smallest absolute Gasteiger partial charge is 0.311 e. The Hall–Kier alpha value is -3.14. The zero-order valence-electron chi connectivity index (χ0n) is 18.1. The molecule has 0 aliphatic carbocycles. The van der Waals surface area contributed by atoms with Crippen LogP contribution in [0.15, 0.2) is 91.1 Å². The minimum Gasteiger partial charge on any atom is -0.421 e. The van der Waals surface area contributed by atoms with E-state index in [1.54, 1.807) is 38.1 Å². The van der Waals surface area contributed by atoms with Gasteiger partial charge in [-0.1, -0.05) is 112 Å². The van der Waals surface area contributed by atoms with Gasteiger partial charge in [-0.15, -0.1) is 0 Å². The van der Waals surface area contributed by atoms with Crippen LogP contribution in [-0.4, -0.2) is 11.9 Å². The van der Waals surface area contributed by atoms with Crippen LogP contribution >= 0.6 is 0 Å². The standard InChI is InChI=1S/C26H32O4/c1-4-5-6-7-8-9-10-11-12-13-14-18-21-24(27)29-26(30-25(28)22(2)3)23-19-16-15-17-20-23/h5-17,19-20,22,26H,4,18,21H2,1-3H3/b6-5+,8-7+,10-9+,12-11+,14-13?. The molecule has 0 spiro atoms. The number of carbonyl (C=O) groups is 2. The van der Waals surface area contributed by atoms with Crippen LogP contribution < -0.4 is 0 Å². The molecule has 0 N–H and O–H groups in total. The Morgan fingerprint density at radius 2 is 1.40 bits per heavy atom. The van der Waals surface area contributed by atoms with Gasteiger partial charge in [-0.25, -0.2) is 0 Å². The monoisotopic (exact) mass is 408 g/mol. The van der Waals surface area contributed by atoms with Gasteiger partial charge < -0.3 is 9.47 Å². The van der Waals surface area contributed by atoms with Crippen molar-refractivity contribution in [3.63, 3.8) is 0 Å². The van der Waals surface area contributed by atoms with Crippen LogP contribution in [0, 0.1) is 5.92 Å². The first-order valence-electron chi connectivity index (χ1n) is 10.3. The Morgan fingerprint density at radius 3 is 1.97 bits per heavy atom. The van der Waals surface area contributed by atoms with Crippen LogP contribution in [0.1, 0.15) is 51.9 Å². The number of rotatable bonds is 12. The van der Waals surface area contributed by atoms with E-state index in [4.69, 9.17) is 9.47 Å². The summed E-state index contributed by atoms with van der Waals surface area (Å²) in [5.41, 5.74) is 0.629. The van der Waals surface area contributed by atoms with Crippen LogP contribution in [0.2, 0.25) is 0 Å². The van der Waals surface area contributed by atoms with Crippen molar-refractivity contribution in [2.45, 2.75) is 46.3 Å². The molecule has 0 amide bonds. The zero-order chi connectivity index (χ0) is 22.0. The first-order valence-corrected chi connectivity index (χ1v) is 10.3. The summed E-state index contributed by atoms with van der Waals surface area (Å²) in [6, 6.07) is 8.99. The molecule has 1 atom stereocenters. The lowest BCUT2D eigenvalue weighted by Gasteiger charge is -2.19. The predicted molar refractivity (Wildman–Crippen MR) is 121 cm³/mol. The highest BCUT2D eigenvalue weighted by atomic mass is 16.7. The van der Waals surface area contributed by atoms with Crippen LogP contribution in [0.3, 0.4) is 0 Å². The van der Waals surface area contributed by atoms with E-state index in [2.05, 4.69) is 13.0 Å². The van der Waals surface area contributed by atoms with Crippen molar-refractivity contribution in [3.8, 4) is 0 Å². The summed E-state index contributed by atoms with van der Waals surface area (Å²) in [6.07, 6.45) is 20.3. The SMILES string of the molecule is CC/C=C/C=C/C=C/C=C/C=CCCC(=O)OC(OC(=O)C(C)C)c1ccccc1. The molecule has 160 valence electrons. The average molecular weight is 409 g/mol. The number of ether oxygens (including phenoxy) is 2. The van der Waals surface area contributed by atoms with E-state index >= 15 is 0 Å². The summed E-state index contributed by atoms with van der Waals surface area (Å²) in [6.45, 7) is 5.57. The lowest BCUT2D eigenvalue weighted by molar-refractivity contribution is -0.192. The predicted octanol–water partition coefficient (Wildman–Crippen LogP) is 6.40. The Labute approximate surface area is 180 Å². The molecule has 0 radical (unpaired) electrons. The maximum atomic E-state index is 12.2. The Kier molecular flexibility index (Phi) is 13.1. The second-order valence-electron chi connectivity index (χ2n) is 6.78. The fraction of sp³-hybridized carbons (Fsp3) is 0.308. The highest BCUT2D eigenvalue weighted by Gasteiger charge is 2.22. The summed E-state index contributed by atoms with van der Waals surface area (Å²) < 4.78 is 10.8. The van der Waals surface area contributed by atoms with Crippen LogP contribution in [0.5, 0.6) is 0 Å². The lowest BCUT2D eigenvalue weighted by atomic mass is 10.2. The van der Waals surface area contributed by atoms with E-state index < -0.39 is 18.2 Å². The van der Waals surface area contributed by atoms with E-state index in [0.29, 0.717) is 12.0 Å². The Morgan fingerprint density at radius 1 is 0.833 bits per heavy atom. The molecule has 0 saturated heterocycles. The van der Waals surface area contributed by atoms with Gasteiger partial charge in [-0.05, 0) is 12.8 Å². The van der Waals surface area contributed by atoms with Gasteiger partial charge in [0.05, 0.1) is 5.92 Å². The molecule has 0 aliphatic heterocycles. The molecule has 1 aromatic rings. The first-order chi connectivity index (χ1) is 14.5. The van der Waals surface area contributed by atoms with Crippen molar-refractivity contribution in [1.82, 2.24) is 0 Å². The second-order valence-corrected chi connectivity index (χ2v) is 6.78. The van der Waals surface area contributed by atoms with E-state index in [0.717, 1.165) is 6.42 Å². The third-order valence-electron chi connectivity index (χ3n) is 3.81. The molecule has 0 aliphatic rings. The number of hydrogen-bond acceptors (Lipinski definition) is 4. The number of carbonyl (C=O) groups excluding carboxylic acids is 2.